The number of benzene rings is 3. The van der Waals surface area contributed by atoms with E-state index in [1.165, 1.54) is 6.33 Å². The van der Waals surface area contributed by atoms with Crippen molar-refractivity contribution < 1.29 is 4.79 Å². The lowest BCUT2D eigenvalue weighted by molar-refractivity contribution is 0.0964. The standard InChI is InChI=1S/C23H18N6O/c1-15-6-4-9-17(12-15)29-22-20(13-26-29)21(24-14-25-22)27-28-23(30)19-11-5-8-16-7-2-3-10-18(16)19/h2-14H,1H3,(H,28,30)(H,24,25,27). The van der Waals surface area contributed by atoms with Crippen LogP contribution in [0.5, 0.6) is 0 Å². The molecule has 7 heteroatoms. The first-order chi connectivity index (χ1) is 14.7. The maximum Gasteiger partial charge on any atom is 0.270 e. The van der Waals surface area contributed by atoms with Crippen LogP contribution in [0.3, 0.4) is 0 Å². The molecule has 1 amide bonds. The number of hydrogen-bond donors (Lipinski definition) is 2. The van der Waals surface area contributed by atoms with Crippen LogP contribution in [0, 0.1) is 6.92 Å². The summed E-state index contributed by atoms with van der Waals surface area (Å²) in [6, 6.07) is 21.4. The van der Waals surface area contributed by atoms with Crippen LogP contribution in [0.15, 0.2) is 79.3 Å². The van der Waals surface area contributed by atoms with Gasteiger partial charge < -0.3 is 0 Å². The maximum atomic E-state index is 12.8. The van der Waals surface area contributed by atoms with Crippen molar-refractivity contribution in [2.75, 3.05) is 5.43 Å². The number of nitrogens with one attached hydrogen (secondary N) is 2. The Balaban J connectivity index is 1.44. The lowest BCUT2D eigenvalue weighted by Crippen LogP contribution is -2.30. The summed E-state index contributed by atoms with van der Waals surface area (Å²) in [4.78, 5) is 21.4. The van der Waals surface area contributed by atoms with Gasteiger partial charge >= 0.3 is 0 Å². The van der Waals surface area contributed by atoms with Crippen molar-refractivity contribution >= 4 is 33.5 Å². The molecule has 2 N–H and O–H groups in total. The fourth-order valence-corrected chi connectivity index (χ4v) is 3.50. The first kappa shape index (κ1) is 17.8. The normalized spacial score (nSPS) is 11.0. The highest BCUT2D eigenvalue weighted by Gasteiger charge is 2.13. The van der Waals surface area contributed by atoms with E-state index < -0.39 is 0 Å². The molecule has 7 nitrogen and oxygen atoms in total. The molecule has 2 heterocycles. The van der Waals surface area contributed by atoms with Gasteiger partial charge in [0.2, 0.25) is 0 Å². The average molecular weight is 394 g/mol. The second kappa shape index (κ2) is 7.29. The van der Waals surface area contributed by atoms with E-state index in [0.717, 1.165) is 22.0 Å². The van der Waals surface area contributed by atoms with Gasteiger partial charge in [0.15, 0.2) is 11.5 Å². The minimum Gasteiger partial charge on any atom is -0.281 e. The van der Waals surface area contributed by atoms with Gasteiger partial charge in [-0.3, -0.25) is 15.6 Å². The molecule has 0 unspecified atom stereocenters. The van der Waals surface area contributed by atoms with E-state index in [1.54, 1.807) is 16.9 Å². The van der Waals surface area contributed by atoms with Crippen molar-refractivity contribution in [1.82, 2.24) is 25.2 Å². The Morgan fingerprint density at radius 2 is 1.77 bits per heavy atom. The van der Waals surface area contributed by atoms with Crippen molar-refractivity contribution in [2.24, 2.45) is 0 Å². The molecule has 146 valence electrons. The molecule has 0 fully saturated rings. The van der Waals surface area contributed by atoms with Gasteiger partial charge in [0.25, 0.3) is 5.91 Å². The minimum absolute atomic E-state index is 0.246. The zero-order valence-corrected chi connectivity index (χ0v) is 16.2. The predicted molar refractivity (Wildman–Crippen MR) is 116 cm³/mol. The molecule has 0 saturated carbocycles. The number of carbonyl (C=O) groups is 1. The molecule has 0 atom stereocenters. The van der Waals surface area contributed by atoms with Crippen LogP contribution in [-0.4, -0.2) is 25.7 Å². The molecule has 0 aliphatic rings. The third-order valence-electron chi connectivity index (χ3n) is 4.94. The SMILES string of the molecule is Cc1cccc(-n2ncc3c(NNC(=O)c4cccc5ccccc45)ncnc32)c1. The average Bonchev–Trinajstić information content (AvgIpc) is 3.22. The summed E-state index contributed by atoms with van der Waals surface area (Å²) >= 11 is 0. The molecular weight excluding hydrogens is 376 g/mol. The lowest BCUT2D eigenvalue weighted by Gasteiger charge is -2.10. The van der Waals surface area contributed by atoms with Gasteiger partial charge in [0.05, 0.1) is 17.3 Å². The predicted octanol–water partition coefficient (Wildman–Crippen LogP) is 4.03. The van der Waals surface area contributed by atoms with Crippen LogP contribution in [0.4, 0.5) is 5.82 Å². The molecule has 0 bridgehead atoms. The molecule has 0 spiro atoms. The van der Waals surface area contributed by atoms with Crippen molar-refractivity contribution in [3.05, 3.63) is 90.4 Å². The number of carbonyl (C=O) groups excluding carboxylic acids is 1. The van der Waals surface area contributed by atoms with E-state index in [0.29, 0.717) is 22.4 Å². The van der Waals surface area contributed by atoms with E-state index in [2.05, 4.69) is 25.9 Å². The van der Waals surface area contributed by atoms with Crippen LogP contribution in [0.2, 0.25) is 0 Å². The summed E-state index contributed by atoms with van der Waals surface area (Å²) in [5.74, 6) is 0.233. The number of hydrogen-bond acceptors (Lipinski definition) is 5. The zero-order chi connectivity index (χ0) is 20.5. The molecule has 0 aliphatic heterocycles. The molecule has 5 aromatic rings. The molecule has 0 saturated heterocycles. The van der Waals surface area contributed by atoms with Gasteiger partial charge in [-0.15, -0.1) is 0 Å². The number of anilines is 1. The highest BCUT2D eigenvalue weighted by Crippen LogP contribution is 2.22. The number of aryl methyl sites for hydroxylation is 1. The Morgan fingerprint density at radius 3 is 2.67 bits per heavy atom. The molecule has 2 aromatic heterocycles. The summed E-state index contributed by atoms with van der Waals surface area (Å²) in [5, 5.41) is 7.06. The van der Waals surface area contributed by atoms with Crippen molar-refractivity contribution in [1.29, 1.82) is 0 Å². The molecule has 5 rings (SSSR count). The van der Waals surface area contributed by atoms with Crippen molar-refractivity contribution in [3.63, 3.8) is 0 Å². The molecular formula is C23H18N6O. The Hall–Kier alpha value is -4.26. The van der Waals surface area contributed by atoms with Crippen LogP contribution < -0.4 is 10.9 Å². The van der Waals surface area contributed by atoms with E-state index >= 15 is 0 Å². The number of fused-ring (bicyclic) bond motifs is 2. The van der Waals surface area contributed by atoms with Gasteiger partial charge in [-0.25, -0.2) is 14.6 Å². The highest BCUT2D eigenvalue weighted by atomic mass is 16.2. The number of hydrazine groups is 1. The molecule has 0 radical (unpaired) electrons. The first-order valence-electron chi connectivity index (χ1n) is 9.50. The lowest BCUT2D eigenvalue weighted by atomic mass is 10.0. The van der Waals surface area contributed by atoms with E-state index in [4.69, 9.17) is 0 Å². The summed E-state index contributed by atoms with van der Waals surface area (Å²) in [6.07, 6.45) is 3.13. The molecule has 30 heavy (non-hydrogen) atoms. The third kappa shape index (κ3) is 3.12. The topological polar surface area (TPSA) is 84.7 Å². The minimum atomic E-state index is -0.246. The number of nitrogens with zero attached hydrogens (tertiary/aromatic N) is 4. The van der Waals surface area contributed by atoms with Gasteiger partial charge in [0, 0.05) is 5.56 Å². The first-order valence-corrected chi connectivity index (χ1v) is 9.50. The third-order valence-corrected chi connectivity index (χ3v) is 4.94. The van der Waals surface area contributed by atoms with Crippen LogP contribution in [0.25, 0.3) is 27.5 Å². The Kier molecular flexibility index (Phi) is 4.33. The largest absolute Gasteiger partial charge is 0.281 e. The van der Waals surface area contributed by atoms with Gasteiger partial charge in [-0.05, 0) is 41.5 Å². The molecule has 0 aliphatic carbocycles. The molecule has 3 aromatic carbocycles. The van der Waals surface area contributed by atoms with E-state index in [-0.39, 0.29) is 5.91 Å². The summed E-state index contributed by atoms with van der Waals surface area (Å²) in [7, 11) is 0. The maximum absolute atomic E-state index is 12.8. The second-order valence-corrected chi connectivity index (χ2v) is 6.96. The smallest absolute Gasteiger partial charge is 0.270 e. The van der Waals surface area contributed by atoms with Crippen molar-refractivity contribution in [3.8, 4) is 5.69 Å². The summed E-state index contributed by atoms with van der Waals surface area (Å²) < 4.78 is 1.75. The van der Waals surface area contributed by atoms with Crippen molar-refractivity contribution in [2.45, 2.75) is 6.92 Å². The monoisotopic (exact) mass is 394 g/mol. The Bertz CT molecular complexity index is 1390. The Labute approximate surface area is 172 Å². The van der Waals surface area contributed by atoms with Gasteiger partial charge in [-0.1, -0.05) is 48.5 Å². The van der Waals surface area contributed by atoms with Crippen LogP contribution in [-0.2, 0) is 0 Å². The Morgan fingerprint density at radius 1 is 0.933 bits per heavy atom. The fourth-order valence-electron chi connectivity index (χ4n) is 3.50. The van der Waals surface area contributed by atoms with Crippen LogP contribution >= 0.6 is 0 Å². The van der Waals surface area contributed by atoms with Crippen LogP contribution in [0.1, 0.15) is 15.9 Å². The zero-order valence-electron chi connectivity index (χ0n) is 16.2. The fraction of sp³-hybridized carbons (Fsp3) is 0.0435. The van der Waals surface area contributed by atoms with Gasteiger partial charge in [0.1, 0.15) is 6.33 Å². The van der Waals surface area contributed by atoms with E-state index in [1.807, 2.05) is 67.6 Å². The second-order valence-electron chi connectivity index (χ2n) is 6.96. The number of rotatable bonds is 4. The summed E-state index contributed by atoms with van der Waals surface area (Å²) in [5.41, 5.74) is 8.94. The van der Waals surface area contributed by atoms with Gasteiger partial charge in [-0.2, -0.15) is 5.10 Å². The highest BCUT2D eigenvalue weighted by molar-refractivity contribution is 6.07. The number of aromatic nitrogens is 4. The van der Waals surface area contributed by atoms with E-state index in [9.17, 15) is 4.79 Å². The summed E-state index contributed by atoms with van der Waals surface area (Å²) in [6.45, 7) is 2.03. The quantitative estimate of drug-likeness (QED) is 0.450. The number of amides is 1.